The molecule has 2 heteroatoms. The third-order valence-electron chi connectivity index (χ3n) is 2.74. The third kappa shape index (κ3) is 2.00. The highest BCUT2D eigenvalue weighted by Crippen LogP contribution is 2.33. The van der Waals surface area contributed by atoms with Gasteiger partial charge in [0.2, 0.25) is 0 Å². The Balaban J connectivity index is 2.56. The standard InChI is InChI=1S/C14H15ClO/c1-3-4-10-5-7-12-11(9-10)6-8-13(16-2)14(12)15/h5-9H,3-4H2,1-2H3. The van der Waals surface area contributed by atoms with Gasteiger partial charge in [-0.15, -0.1) is 0 Å². The molecule has 0 fully saturated rings. The van der Waals surface area contributed by atoms with Gasteiger partial charge in [-0.05, 0) is 23.4 Å². The average molecular weight is 235 g/mol. The van der Waals surface area contributed by atoms with Crippen LogP contribution in [0.15, 0.2) is 30.3 Å². The molecular weight excluding hydrogens is 220 g/mol. The Hall–Kier alpha value is -1.21. The van der Waals surface area contributed by atoms with Gasteiger partial charge in [-0.2, -0.15) is 0 Å². The van der Waals surface area contributed by atoms with Crippen LogP contribution >= 0.6 is 11.6 Å². The van der Waals surface area contributed by atoms with Crippen molar-refractivity contribution in [2.45, 2.75) is 19.8 Å². The molecule has 0 radical (unpaired) electrons. The Morgan fingerprint density at radius 1 is 1.19 bits per heavy atom. The summed E-state index contributed by atoms with van der Waals surface area (Å²) >= 11 is 6.25. The van der Waals surface area contributed by atoms with E-state index >= 15 is 0 Å². The molecule has 0 amide bonds. The van der Waals surface area contributed by atoms with Crippen LogP contribution < -0.4 is 4.74 Å². The predicted octanol–water partition coefficient (Wildman–Crippen LogP) is 4.45. The van der Waals surface area contributed by atoms with Gasteiger partial charge in [0.1, 0.15) is 5.75 Å². The van der Waals surface area contributed by atoms with Gasteiger partial charge >= 0.3 is 0 Å². The van der Waals surface area contributed by atoms with Crippen molar-refractivity contribution >= 4 is 22.4 Å². The third-order valence-corrected chi connectivity index (χ3v) is 3.13. The second-order valence-electron chi connectivity index (χ2n) is 3.89. The normalized spacial score (nSPS) is 10.7. The first kappa shape index (κ1) is 11.3. The summed E-state index contributed by atoms with van der Waals surface area (Å²) in [4.78, 5) is 0. The lowest BCUT2D eigenvalue weighted by Gasteiger charge is -2.07. The topological polar surface area (TPSA) is 9.23 Å². The Morgan fingerprint density at radius 3 is 2.69 bits per heavy atom. The van der Waals surface area contributed by atoms with Crippen LogP contribution in [0.2, 0.25) is 5.02 Å². The van der Waals surface area contributed by atoms with Gasteiger partial charge in [-0.3, -0.25) is 0 Å². The Morgan fingerprint density at radius 2 is 2.00 bits per heavy atom. The SMILES string of the molecule is CCCc1ccc2c(Cl)c(OC)ccc2c1. The first-order valence-electron chi connectivity index (χ1n) is 5.51. The molecule has 0 atom stereocenters. The van der Waals surface area contributed by atoms with Crippen molar-refractivity contribution in [1.82, 2.24) is 0 Å². The van der Waals surface area contributed by atoms with E-state index in [-0.39, 0.29) is 0 Å². The molecule has 0 unspecified atom stereocenters. The molecule has 2 rings (SSSR count). The highest BCUT2D eigenvalue weighted by atomic mass is 35.5. The fourth-order valence-electron chi connectivity index (χ4n) is 1.92. The smallest absolute Gasteiger partial charge is 0.138 e. The molecule has 16 heavy (non-hydrogen) atoms. The van der Waals surface area contributed by atoms with Crippen molar-refractivity contribution < 1.29 is 4.74 Å². The average Bonchev–Trinajstić information content (AvgIpc) is 2.30. The second kappa shape index (κ2) is 4.75. The van der Waals surface area contributed by atoms with Crippen LogP contribution in [0.1, 0.15) is 18.9 Å². The maximum atomic E-state index is 6.25. The molecule has 0 saturated heterocycles. The molecule has 0 spiro atoms. The lowest BCUT2D eigenvalue weighted by atomic mass is 10.0. The van der Waals surface area contributed by atoms with Crippen molar-refractivity contribution in [3.8, 4) is 5.75 Å². The summed E-state index contributed by atoms with van der Waals surface area (Å²) in [5, 5.41) is 2.93. The lowest BCUT2D eigenvalue weighted by Crippen LogP contribution is -1.87. The van der Waals surface area contributed by atoms with Crippen molar-refractivity contribution in [2.75, 3.05) is 7.11 Å². The van der Waals surface area contributed by atoms with Crippen molar-refractivity contribution in [1.29, 1.82) is 0 Å². The number of benzene rings is 2. The maximum Gasteiger partial charge on any atom is 0.138 e. The molecule has 0 bridgehead atoms. The van der Waals surface area contributed by atoms with Gasteiger partial charge < -0.3 is 4.74 Å². The number of hydrogen-bond donors (Lipinski definition) is 0. The second-order valence-corrected chi connectivity index (χ2v) is 4.27. The van der Waals surface area contributed by atoms with E-state index in [1.165, 1.54) is 10.9 Å². The summed E-state index contributed by atoms with van der Waals surface area (Å²) < 4.78 is 5.20. The molecule has 84 valence electrons. The largest absolute Gasteiger partial charge is 0.495 e. The fourth-order valence-corrected chi connectivity index (χ4v) is 2.24. The Kier molecular flexibility index (Phi) is 3.35. The minimum absolute atomic E-state index is 0.697. The van der Waals surface area contributed by atoms with Gasteiger partial charge in [0.15, 0.2) is 0 Å². The van der Waals surface area contributed by atoms with Gasteiger partial charge in [-0.25, -0.2) is 0 Å². The van der Waals surface area contributed by atoms with E-state index in [1.807, 2.05) is 6.07 Å². The van der Waals surface area contributed by atoms with Crippen molar-refractivity contribution in [3.63, 3.8) is 0 Å². The fraction of sp³-hybridized carbons (Fsp3) is 0.286. The molecule has 0 aliphatic heterocycles. The van der Waals surface area contributed by atoms with Crippen LogP contribution in [0.3, 0.4) is 0 Å². The van der Waals surface area contributed by atoms with Crippen LogP contribution in [0.4, 0.5) is 0 Å². The minimum Gasteiger partial charge on any atom is -0.495 e. The zero-order valence-electron chi connectivity index (χ0n) is 9.59. The van der Waals surface area contributed by atoms with E-state index in [2.05, 4.69) is 31.2 Å². The number of halogens is 1. The van der Waals surface area contributed by atoms with Gasteiger partial charge in [0.25, 0.3) is 0 Å². The summed E-state index contributed by atoms with van der Waals surface area (Å²) in [6.45, 7) is 2.19. The predicted molar refractivity (Wildman–Crippen MR) is 69.5 cm³/mol. The molecule has 2 aromatic carbocycles. The summed E-state index contributed by atoms with van der Waals surface area (Å²) in [6, 6.07) is 10.4. The van der Waals surface area contributed by atoms with Gasteiger partial charge in [0.05, 0.1) is 12.1 Å². The Bertz CT molecular complexity index is 505. The lowest BCUT2D eigenvalue weighted by molar-refractivity contribution is 0.415. The number of aryl methyl sites for hydroxylation is 1. The summed E-state index contributed by atoms with van der Waals surface area (Å²) in [5.41, 5.74) is 1.36. The van der Waals surface area contributed by atoms with Crippen LogP contribution in [0, 0.1) is 0 Å². The van der Waals surface area contributed by atoms with E-state index in [9.17, 15) is 0 Å². The first-order chi connectivity index (χ1) is 7.76. The van der Waals surface area contributed by atoms with E-state index in [0.717, 1.165) is 24.0 Å². The van der Waals surface area contributed by atoms with Gasteiger partial charge in [-0.1, -0.05) is 49.2 Å². The number of hydrogen-bond acceptors (Lipinski definition) is 1. The molecular formula is C14H15ClO. The van der Waals surface area contributed by atoms with Crippen LogP contribution in [-0.2, 0) is 6.42 Å². The zero-order valence-corrected chi connectivity index (χ0v) is 10.3. The summed E-state index contributed by atoms with van der Waals surface area (Å²) in [6.07, 6.45) is 2.27. The number of fused-ring (bicyclic) bond motifs is 1. The van der Waals surface area contributed by atoms with E-state index < -0.39 is 0 Å². The van der Waals surface area contributed by atoms with E-state index in [0.29, 0.717) is 5.02 Å². The Labute approximate surface area is 101 Å². The summed E-state index contributed by atoms with van der Waals surface area (Å²) in [7, 11) is 1.64. The highest BCUT2D eigenvalue weighted by molar-refractivity contribution is 6.37. The van der Waals surface area contributed by atoms with Crippen molar-refractivity contribution in [2.24, 2.45) is 0 Å². The molecule has 1 nitrogen and oxygen atoms in total. The van der Waals surface area contributed by atoms with E-state index in [4.69, 9.17) is 16.3 Å². The van der Waals surface area contributed by atoms with Gasteiger partial charge in [0, 0.05) is 5.39 Å². The van der Waals surface area contributed by atoms with Crippen molar-refractivity contribution in [3.05, 3.63) is 40.9 Å². The quantitative estimate of drug-likeness (QED) is 0.762. The van der Waals surface area contributed by atoms with E-state index in [1.54, 1.807) is 7.11 Å². The van der Waals surface area contributed by atoms with Crippen LogP contribution in [-0.4, -0.2) is 7.11 Å². The highest BCUT2D eigenvalue weighted by Gasteiger charge is 2.05. The molecule has 0 aromatic heterocycles. The maximum absolute atomic E-state index is 6.25. The zero-order chi connectivity index (χ0) is 11.5. The molecule has 0 N–H and O–H groups in total. The molecule has 0 heterocycles. The molecule has 0 aliphatic carbocycles. The number of methoxy groups -OCH3 is 1. The number of rotatable bonds is 3. The van der Waals surface area contributed by atoms with Crippen LogP contribution in [0.5, 0.6) is 5.75 Å². The number of ether oxygens (including phenoxy) is 1. The monoisotopic (exact) mass is 234 g/mol. The molecule has 0 aliphatic rings. The minimum atomic E-state index is 0.697. The molecule has 0 saturated carbocycles. The first-order valence-corrected chi connectivity index (χ1v) is 5.89. The molecule has 2 aromatic rings. The summed E-state index contributed by atoms with van der Waals surface area (Å²) in [5.74, 6) is 0.734. The van der Waals surface area contributed by atoms with Crippen LogP contribution in [0.25, 0.3) is 10.8 Å².